The van der Waals surface area contributed by atoms with Crippen molar-refractivity contribution in [2.45, 2.75) is 57.3 Å². The molecule has 0 aliphatic heterocycles. The van der Waals surface area contributed by atoms with Gasteiger partial charge in [0.25, 0.3) is 0 Å². The highest BCUT2D eigenvalue weighted by Gasteiger charge is 2.17. The van der Waals surface area contributed by atoms with Gasteiger partial charge in [0.15, 0.2) is 0 Å². The second kappa shape index (κ2) is 8.17. The Morgan fingerprint density at radius 2 is 1.86 bits per heavy atom. The second-order valence-electron chi connectivity index (χ2n) is 3.80. The van der Waals surface area contributed by atoms with Crippen LogP contribution in [-0.4, -0.2) is 40.2 Å². The quantitative estimate of drug-likeness (QED) is 0.420. The van der Waals surface area contributed by atoms with E-state index < -0.39 is 18.2 Å². The molecule has 0 radical (unpaired) electrons. The van der Waals surface area contributed by atoms with E-state index in [0.717, 1.165) is 19.3 Å². The van der Waals surface area contributed by atoms with Gasteiger partial charge in [-0.05, 0) is 12.8 Å². The lowest BCUT2D eigenvalue weighted by atomic mass is 10.00. The summed E-state index contributed by atoms with van der Waals surface area (Å²) in [6, 6.07) is -0.436. The van der Waals surface area contributed by atoms with E-state index in [2.05, 4.69) is 6.92 Å². The van der Waals surface area contributed by atoms with Crippen LogP contribution < -0.4 is 5.73 Å². The molecule has 0 saturated carbocycles. The fourth-order valence-corrected chi connectivity index (χ4v) is 1.36. The van der Waals surface area contributed by atoms with Crippen LogP contribution in [0.5, 0.6) is 0 Å². The van der Waals surface area contributed by atoms with Gasteiger partial charge in [0.05, 0.1) is 18.8 Å². The van der Waals surface area contributed by atoms with Crippen LogP contribution in [0.15, 0.2) is 0 Å². The predicted octanol–water partition coefficient (Wildman–Crippen LogP) is -0.00180. The van der Waals surface area contributed by atoms with E-state index in [1.54, 1.807) is 0 Å². The van der Waals surface area contributed by atoms with Crippen molar-refractivity contribution in [1.29, 1.82) is 0 Å². The van der Waals surface area contributed by atoms with Crippen LogP contribution in [0.3, 0.4) is 0 Å². The number of aliphatic hydroxyl groups excluding tert-OH is 3. The Morgan fingerprint density at radius 3 is 2.36 bits per heavy atom. The lowest BCUT2D eigenvalue weighted by Crippen LogP contribution is -2.38. The molecular formula is C10H23NO3. The van der Waals surface area contributed by atoms with E-state index in [9.17, 15) is 5.11 Å². The van der Waals surface area contributed by atoms with Crippen LogP contribution in [0.2, 0.25) is 0 Å². The van der Waals surface area contributed by atoms with Crippen LogP contribution in [0.1, 0.15) is 39.0 Å². The molecule has 5 N–H and O–H groups in total. The van der Waals surface area contributed by atoms with E-state index in [4.69, 9.17) is 15.9 Å². The van der Waals surface area contributed by atoms with Crippen molar-refractivity contribution in [2.75, 3.05) is 6.61 Å². The Hall–Kier alpha value is -0.160. The van der Waals surface area contributed by atoms with Crippen LogP contribution >= 0.6 is 0 Å². The Morgan fingerprint density at radius 1 is 1.21 bits per heavy atom. The van der Waals surface area contributed by atoms with Gasteiger partial charge < -0.3 is 21.1 Å². The maximum atomic E-state index is 9.57. The summed E-state index contributed by atoms with van der Waals surface area (Å²) in [6.07, 6.45) is 2.71. The number of rotatable bonds is 8. The Bertz CT molecular complexity index is 133. The molecule has 4 heteroatoms. The average Bonchev–Trinajstić information content (AvgIpc) is 2.17. The Kier molecular flexibility index (Phi) is 8.08. The van der Waals surface area contributed by atoms with Crippen LogP contribution in [0.25, 0.3) is 0 Å². The van der Waals surface area contributed by atoms with Crippen LogP contribution in [0, 0.1) is 0 Å². The first-order chi connectivity index (χ1) is 6.61. The minimum absolute atomic E-state index is 0.254. The van der Waals surface area contributed by atoms with Crippen LogP contribution in [-0.2, 0) is 0 Å². The molecule has 0 aromatic carbocycles. The number of aliphatic hydroxyl groups is 3. The summed E-state index contributed by atoms with van der Waals surface area (Å²) < 4.78 is 0. The van der Waals surface area contributed by atoms with E-state index >= 15 is 0 Å². The zero-order valence-corrected chi connectivity index (χ0v) is 8.89. The van der Waals surface area contributed by atoms with Crippen molar-refractivity contribution in [2.24, 2.45) is 5.73 Å². The van der Waals surface area contributed by atoms with Gasteiger partial charge in [-0.1, -0.05) is 26.2 Å². The summed E-state index contributed by atoms with van der Waals surface area (Å²) >= 11 is 0. The monoisotopic (exact) mass is 205 g/mol. The molecule has 3 atom stereocenters. The molecule has 0 fully saturated rings. The summed E-state index contributed by atoms with van der Waals surface area (Å²) in [5.41, 5.74) is 5.65. The van der Waals surface area contributed by atoms with E-state index in [-0.39, 0.29) is 13.0 Å². The normalized spacial score (nSPS) is 17.8. The SMILES string of the molecule is CCCCC[C@H](O)[C@H](N)CC(O)CO. The van der Waals surface area contributed by atoms with Crippen molar-refractivity contribution in [1.82, 2.24) is 0 Å². The highest BCUT2D eigenvalue weighted by atomic mass is 16.3. The number of nitrogens with two attached hydrogens (primary N) is 1. The van der Waals surface area contributed by atoms with Gasteiger partial charge in [0, 0.05) is 6.04 Å². The standard InChI is InChI=1S/C10H23NO3/c1-2-3-4-5-10(14)9(11)6-8(13)7-12/h8-10,12-14H,2-7,11H2,1H3/t8?,9-,10+/m1/s1. The zero-order chi connectivity index (χ0) is 11.0. The van der Waals surface area contributed by atoms with Crippen LogP contribution in [0.4, 0.5) is 0 Å². The molecule has 0 rings (SSSR count). The molecule has 86 valence electrons. The molecule has 14 heavy (non-hydrogen) atoms. The van der Waals surface area contributed by atoms with Gasteiger partial charge in [-0.25, -0.2) is 0 Å². The molecule has 0 saturated heterocycles. The minimum Gasteiger partial charge on any atom is -0.394 e. The molecule has 0 bridgehead atoms. The molecular weight excluding hydrogens is 182 g/mol. The first-order valence-electron chi connectivity index (χ1n) is 5.34. The smallest absolute Gasteiger partial charge is 0.0786 e. The van der Waals surface area contributed by atoms with Crippen molar-refractivity contribution >= 4 is 0 Å². The molecule has 0 amide bonds. The zero-order valence-electron chi connectivity index (χ0n) is 8.89. The highest BCUT2D eigenvalue weighted by molar-refractivity contribution is 4.74. The van der Waals surface area contributed by atoms with Crippen molar-refractivity contribution in [3.63, 3.8) is 0 Å². The van der Waals surface area contributed by atoms with Gasteiger partial charge >= 0.3 is 0 Å². The average molecular weight is 205 g/mol. The first kappa shape index (κ1) is 13.8. The second-order valence-corrected chi connectivity index (χ2v) is 3.80. The van der Waals surface area contributed by atoms with E-state index in [1.807, 2.05) is 0 Å². The summed E-state index contributed by atoms with van der Waals surface area (Å²) in [4.78, 5) is 0. The third-order valence-corrected chi connectivity index (χ3v) is 2.35. The van der Waals surface area contributed by atoms with Gasteiger partial charge in [-0.3, -0.25) is 0 Å². The fourth-order valence-electron chi connectivity index (χ4n) is 1.36. The molecule has 0 aliphatic carbocycles. The van der Waals surface area contributed by atoms with Crippen molar-refractivity contribution in [3.8, 4) is 0 Å². The first-order valence-corrected chi connectivity index (χ1v) is 5.34. The summed E-state index contributed by atoms with van der Waals surface area (Å²) in [6.45, 7) is 1.80. The minimum atomic E-state index is -0.814. The highest BCUT2D eigenvalue weighted by Crippen LogP contribution is 2.09. The lowest BCUT2D eigenvalue weighted by molar-refractivity contribution is 0.0547. The maximum absolute atomic E-state index is 9.57. The maximum Gasteiger partial charge on any atom is 0.0786 e. The predicted molar refractivity (Wildman–Crippen MR) is 55.8 cm³/mol. The molecule has 0 aliphatic rings. The van der Waals surface area contributed by atoms with Gasteiger partial charge in [-0.2, -0.15) is 0 Å². The number of hydrogen-bond acceptors (Lipinski definition) is 4. The third kappa shape index (κ3) is 6.32. The summed E-state index contributed by atoms with van der Waals surface area (Å²) in [5, 5.41) is 27.3. The molecule has 1 unspecified atom stereocenters. The van der Waals surface area contributed by atoms with E-state index in [0.29, 0.717) is 6.42 Å². The van der Waals surface area contributed by atoms with Gasteiger partial charge in [0.1, 0.15) is 0 Å². The lowest BCUT2D eigenvalue weighted by Gasteiger charge is -2.20. The molecule has 0 heterocycles. The van der Waals surface area contributed by atoms with Gasteiger partial charge in [-0.15, -0.1) is 0 Å². The summed E-state index contributed by atoms with van der Waals surface area (Å²) in [5.74, 6) is 0. The largest absolute Gasteiger partial charge is 0.394 e. The molecule has 0 spiro atoms. The van der Waals surface area contributed by atoms with Crippen molar-refractivity contribution < 1.29 is 15.3 Å². The van der Waals surface area contributed by atoms with Gasteiger partial charge in [0.2, 0.25) is 0 Å². The van der Waals surface area contributed by atoms with Crippen molar-refractivity contribution in [3.05, 3.63) is 0 Å². The summed E-state index contributed by atoms with van der Waals surface area (Å²) in [7, 11) is 0. The third-order valence-electron chi connectivity index (χ3n) is 2.35. The fraction of sp³-hybridized carbons (Fsp3) is 1.00. The topological polar surface area (TPSA) is 86.7 Å². The molecule has 0 aromatic rings. The number of unbranched alkanes of at least 4 members (excludes halogenated alkanes) is 2. The van der Waals surface area contributed by atoms with E-state index in [1.165, 1.54) is 0 Å². The molecule has 4 nitrogen and oxygen atoms in total. The number of hydrogen-bond donors (Lipinski definition) is 4. The molecule has 0 aromatic heterocycles. The Labute approximate surface area is 85.7 Å². The Balaban J connectivity index is 3.58.